The molecule has 3 rings (SSSR count). The van der Waals surface area contributed by atoms with Crippen LogP contribution in [0, 0.1) is 0 Å². The van der Waals surface area contributed by atoms with Crippen molar-refractivity contribution in [3.63, 3.8) is 0 Å². The highest BCUT2D eigenvalue weighted by molar-refractivity contribution is 7.16. The highest BCUT2D eigenvalue weighted by atomic mass is 35.5. The maximum absolute atomic E-state index is 11.5. The Hall–Kier alpha value is -1.72. The fraction of sp³-hybridized carbons (Fsp3) is 0.214. The number of benzene rings is 1. The quantitative estimate of drug-likeness (QED) is 0.929. The van der Waals surface area contributed by atoms with Crippen LogP contribution >= 0.6 is 22.9 Å². The zero-order valence-corrected chi connectivity index (χ0v) is 12.2. The van der Waals surface area contributed by atoms with Gasteiger partial charge in [-0.05, 0) is 30.3 Å². The predicted octanol–water partition coefficient (Wildman–Crippen LogP) is 3.97. The smallest absolute Gasteiger partial charge is 0.414 e. The topological polar surface area (TPSA) is 41.6 Å². The van der Waals surface area contributed by atoms with Crippen LogP contribution in [0.25, 0.3) is 0 Å². The Morgan fingerprint density at radius 2 is 2.25 bits per heavy atom. The molecule has 0 aliphatic carbocycles. The van der Waals surface area contributed by atoms with Crippen molar-refractivity contribution < 1.29 is 9.53 Å². The summed E-state index contributed by atoms with van der Waals surface area (Å²) in [6, 6.07) is 11.6. The molecule has 20 heavy (non-hydrogen) atoms. The Kier molecular flexibility index (Phi) is 3.80. The second-order valence-corrected chi connectivity index (χ2v) is 6.18. The predicted molar refractivity (Wildman–Crippen MR) is 81.8 cm³/mol. The van der Waals surface area contributed by atoms with Gasteiger partial charge in [-0.3, -0.25) is 4.90 Å². The second-order valence-electron chi connectivity index (χ2n) is 4.38. The molecule has 1 saturated heterocycles. The van der Waals surface area contributed by atoms with Gasteiger partial charge in [0, 0.05) is 22.8 Å². The first-order chi connectivity index (χ1) is 9.72. The van der Waals surface area contributed by atoms with Gasteiger partial charge in [-0.1, -0.05) is 17.7 Å². The highest BCUT2D eigenvalue weighted by Crippen LogP contribution is 2.25. The van der Waals surface area contributed by atoms with Crippen molar-refractivity contribution in [1.82, 2.24) is 0 Å². The van der Waals surface area contributed by atoms with Crippen LogP contribution in [0.15, 0.2) is 36.4 Å². The summed E-state index contributed by atoms with van der Waals surface area (Å²) in [5, 5.41) is 3.33. The molecule has 2 aromatic rings. The normalized spacial score (nSPS) is 14.4. The van der Waals surface area contributed by atoms with Crippen molar-refractivity contribution in [2.24, 2.45) is 0 Å². The van der Waals surface area contributed by atoms with E-state index in [4.69, 9.17) is 16.3 Å². The summed E-state index contributed by atoms with van der Waals surface area (Å²) < 4.78 is 5.73. The molecule has 4 nitrogen and oxygen atoms in total. The van der Waals surface area contributed by atoms with Crippen LogP contribution in [0.2, 0.25) is 4.34 Å². The molecule has 0 unspecified atom stereocenters. The minimum atomic E-state index is -0.285. The average molecular weight is 309 g/mol. The standard InChI is InChI=1S/C14H13ClN2O2S/c15-13-5-4-12(20-13)9-16-10-2-1-3-11(8-10)17-6-7-19-14(17)18/h1-5,8,16H,6-7,9H2. The molecular formula is C14H13ClN2O2S. The molecule has 0 bridgehead atoms. The number of carbonyl (C=O) groups excluding carboxylic acids is 1. The SMILES string of the molecule is O=C1OCCN1c1cccc(NCc2ccc(Cl)s2)c1. The van der Waals surface area contributed by atoms with Gasteiger partial charge in [0.1, 0.15) is 6.61 Å². The van der Waals surface area contributed by atoms with Crippen LogP contribution in [0.5, 0.6) is 0 Å². The minimum Gasteiger partial charge on any atom is -0.447 e. The summed E-state index contributed by atoms with van der Waals surface area (Å²) in [6.07, 6.45) is -0.285. The average Bonchev–Trinajstić information content (AvgIpc) is 3.05. The van der Waals surface area contributed by atoms with Gasteiger partial charge in [0.05, 0.1) is 10.9 Å². The summed E-state index contributed by atoms with van der Waals surface area (Å²) in [7, 11) is 0. The fourth-order valence-corrected chi connectivity index (χ4v) is 3.07. The molecule has 0 atom stereocenters. The summed E-state index contributed by atoms with van der Waals surface area (Å²) >= 11 is 7.46. The number of anilines is 2. The van der Waals surface area contributed by atoms with Gasteiger partial charge < -0.3 is 10.1 Å². The van der Waals surface area contributed by atoms with Crippen molar-refractivity contribution in [3.8, 4) is 0 Å². The van der Waals surface area contributed by atoms with Crippen LogP contribution in [-0.2, 0) is 11.3 Å². The van der Waals surface area contributed by atoms with Gasteiger partial charge in [-0.2, -0.15) is 0 Å². The fourth-order valence-electron chi connectivity index (χ4n) is 2.05. The van der Waals surface area contributed by atoms with E-state index >= 15 is 0 Å². The lowest BCUT2D eigenvalue weighted by Crippen LogP contribution is -2.23. The summed E-state index contributed by atoms with van der Waals surface area (Å²) in [4.78, 5) is 14.3. The van der Waals surface area contributed by atoms with Crippen molar-refractivity contribution in [2.45, 2.75) is 6.54 Å². The Bertz CT molecular complexity index is 629. The van der Waals surface area contributed by atoms with Gasteiger partial charge in [-0.15, -0.1) is 11.3 Å². The summed E-state index contributed by atoms with van der Waals surface area (Å²) in [5.41, 5.74) is 1.81. The number of hydrogen-bond donors (Lipinski definition) is 1. The van der Waals surface area contributed by atoms with Crippen molar-refractivity contribution in [3.05, 3.63) is 45.6 Å². The first-order valence-corrected chi connectivity index (χ1v) is 7.44. The van der Waals surface area contributed by atoms with Gasteiger partial charge in [0.25, 0.3) is 0 Å². The molecule has 1 aliphatic rings. The molecule has 1 N–H and O–H groups in total. The first kappa shape index (κ1) is 13.3. The van der Waals surface area contributed by atoms with Crippen LogP contribution in [0.3, 0.4) is 0 Å². The van der Waals surface area contributed by atoms with Crippen LogP contribution < -0.4 is 10.2 Å². The number of amides is 1. The molecule has 104 valence electrons. The molecule has 1 amide bonds. The number of thiophene rings is 1. The summed E-state index contributed by atoms with van der Waals surface area (Å²) in [5.74, 6) is 0. The Morgan fingerprint density at radius 3 is 2.95 bits per heavy atom. The van der Waals surface area contributed by atoms with Gasteiger partial charge in [0.15, 0.2) is 0 Å². The van der Waals surface area contributed by atoms with Gasteiger partial charge in [0.2, 0.25) is 0 Å². The third-order valence-corrected chi connectivity index (χ3v) is 4.25. The van der Waals surface area contributed by atoms with Crippen molar-refractivity contribution in [1.29, 1.82) is 0 Å². The van der Waals surface area contributed by atoms with E-state index in [2.05, 4.69) is 5.32 Å². The minimum absolute atomic E-state index is 0.285. The van der Waals surface area contributed by atoms with E-state index in [1.165, 1.54) is 4.88 Å². The molecule has 1 fully saturated rings. The van der Waals surface area contributed by atoms with Crippen LogP contribution in [0.1, 0.15) is 4.88 Å². The van der Waals surface area contributed by atoms with Crippen molar-refractivity contribution >= 4 is 40.4 Å². The number of hydrogen-bond acceptors (Lipinski definition) is 4. The first-order valence-electron chi connectivity index (χ1n) is 6.25. The lowest BCUT2D eigenvalue weighted by Gasteiger charge is -2.14. The molecule has 1 aliphatic heterocycles. The second kappa shape index (κ2) is 5.73. The Labute approximate surface area is 125 Å². The number of rotatable bonds is 4. The molecular weight excluding hydrogens is 296 g/mol. The van der Waals surface area contributed by atoms with E-state index in [0.29, 0.717) is 19.7 Å². The molecule has 0 saturated carbocycles. The lowest BCUT2D eigenvalue weighted by atomic mass is 10.2. The number of halogens is 1. The Morgan fingerprint density at radius 1 is 1.35 bits per heavy atom. The molecule has 1 aromatic heterocycles. The number of carbonyl (C=O) groups is 1. The number of cyclic esters (lactones) is 1. The van der Waals surface area contributed by atoms with E-state index in [9.17, 15) is 4.79 Å². The van der Waals surface area contributed by atoms with E-state index in [1.807, 2.05) is 36.4 Å². The number of ether oxygens (including phenoxy) is 1. The third-order valence-electron chi connectivity index (χ3n) is 3.01. The number of nitrogens with zero attached hydrogens (tertiary/aromatic N) is 1. The molecule has 6 heteroatoms. The zero-order chi connectivity index (χ0) is 13.9. The van der Waals surface area contributed by atoms with Crippen LogP contribution in [0.4, 0.5) is 16.2 Å². The van der Waals surface area contributed by atoms with E-state index < -0.39 is 0 Å². The molecule has 0 radical (unpaired) electrons. The monoisotopic (exact) mass is 308 g/mol. The third kappa shape index (κ3) is 2.89. The van der Waals surface area contributed by atoms with Gasteiger partial charge in [-0.25, -0.2) is 4.79 Å². The highest BCUT2D eigenvalue weighted by Gasteiger charge is 2.23. The van der Waals surface area contributed by atoms with E-state index in [0.717, 1.165) is 15.7 Å². The van der Waals surface area contributed by atoms with Crippen LogP contribution in [-0.4, -0.2) is 19.2 Å². The van der Waals surface area contributed by atoms with Crippen molar-refractivity contribution in [2.75, 3.05) is 23.4 Å². The number of nitrogens with one attached hydrogen (secondary N) is 1. The maximum atomic E-state index is 11.5. The molecule has 1 aromatic carbocycles. The zero-order valence-electron chi connectivity index (χ0n) is 10.6. The molecule has 2 heterocycles. The lowest BCUT2D eigenvalue weighted by molar-refractivity contribution is 0.181. The Balaban J connectivity index is 1.69. The largest absolute Gasteiger partial charge is 0.447 e. The van der Waals surface area contributed by atoms with Gasteiger partial charge >= 0.3 is 6.09 Å². The molecule has 0 spiro atoms. The van der Waals surface area contributed by atoms with E-state index in [-0.39, 0.29) is 6.09 Å². The van der Waals surface area contributed by atoms with E-state index in [1.54, 1.807) is 16.2 Å². The summed E-state index contributed by atoms with van der Waals surface area (Å²) in [6.45, 7) is 1.76. The maximum Gasteiger partial charge on any atom is 0.414 e.